The number of rotatable bonds is 7. The molecule has 0 bridgehead atoms. The zero-order chi connectivity index (χ0) is 16.7. The van der Waals surface area contributed by atoms with E-state index in [0.717, 1.165) is 24.2 Å². The molecule has 0 unspecified atom stereocenters. The number of aliphatic hydroxyl groups is 1. The van der Waals surface area contributed by atoms with Crippen LogP contribution in [-0.2, 0) is 11.2 Å². The van der Waals surface area contributed by atoms with Crippen molar-refractivity contribution in [3.63, 3.8) is 0 Å². The van der Waals surface area contributed by atoms with Gasteiger partial charge in [0.15, 0.2) is 0 Å². The summed E-state index contributed by atoms with van der Waals surface area (Å²) in [6.07, 6.45) is 4.96. The summed E-state index contributed by atoms with van der Waals surface area (Å²) in [6.45, 7) is 0.957. The van der Waals surface area contributed by atoms with Gasteiger partial charge in [0.1, 0.15) is 12.4 Å². The van der Waals surface area contributed by atoms with Crippen molar-refractivity contribution in [2.75, 3.05) is 13.2 Å². The van der Waals surface area contributed by atoms with E-state index in [-0.39, 0.29) is 12.0 Å². The van der Waals surface area contributed by atoms with Crippen molar-refractivity contribution in [2.45, 2.75) is 38.2 Å². The van der Waals surface area contributed by atoms with Gasteiger partial charge in [0.05, 0.1) is 6.10 Å². The van der Waals surface area contributed by atoms with Crippen LogP contribution < -0.4 is 10.5 Å². The fraction of sp³-hybridized carbons (Fsp3) is 0.500. The number of carboxylic acids is 1. The van der Waals surface area contributed by atoms with Gasteiger partial charge in [-0.05, 0) is 55.7 Å². The third kappa shape index (κ3) is 5.37. The Labute approximate surface area is 136 Å². The van der Waals surface area contributed by atoms with E-state index in [4.69, 9.17) is 10.5 Å². The molecule has 4 N–H and O–H groups in total. The van der Waals surface area contributed by atoms with Crippen molar-refractivity contribution in [3.8, 4) is 5.75 Å². The number of carboxylic acid groups (broad SMARTS) is 1. The number of nitrogens with two attached hydrogens (primary N) is 1. The number of hydrogen-bond donors (Lipinski definition) is 3. The molecule has 126 valence electrons. The first-order valence-electron chi connectivity index (χ1n) is 8.13. The van der Waals surface area contributed by atoms with Crippen molar-refractivity contribution < 1.29 is 19.7 Å². The first kappa shape index (κ1) is 17.5. The highest BCUT2D eigenvalue weighted by Gasteiger charge is 2.25. The first-order chi connectivity index (χ1) is 11.1. The Bertz CT molecular complexity index is 530. The van der Waals surface area contributed by atoms with E-state index in [1.165, 1.54) is 0 Å². The maximum Gasteiger partial charge on any atom is 0.331 e. The monoisotopic (exact) mass is 319 g/mol. The second kappa shape index (κ2) is 8.70. The quantitative estimate of drug-likeness (QED) is 0.670. The van der Waals surface area contributed by atoms with Gasteiger partial charge in [0.2, 0.25) is 0 Å². The number of ether oxygens (including phenoxy) is 1. The molecular weight excluding hydrogens is 294 g/mol. The zero-order valence-electron chi connectivity index (χ0n) is 13.3. The zero-order valence-corrected chi connectivity index (χ0v) is 13.3. The molecule has 1 aromatic rings. The minimum absolute atomic E-state index is 0.0445. The van der Waals surface area contributed by atoms with Crippen LogP contribution in [0.3, 0.4) is 0 Å². The van der Waals surface area contributed by atoms with Crippen LogP contribution in [0.25, 0.3) is 0 Å². The molecule has 1 aromatic carbocycles. The smallest absolute Gasteiger partial charge is 0.331 e. The van der Waals surface area contributed by atoms with Gasteiger partial charge in [0.25, 0.3) is 0 Å². The summed E-state index contributed by atoms with van der Waals surface area (Å²) in [4.78, 5) is 11.5. The molecule has 23 heavy (non-hydrogen) atoms. The average molecular weight is 319 g/mol. The van der Waals surface area contributed by atoms with Crippen molar-refractivity contribution >= 4 is 5.97 Å². The summed E-state index contributed by atoms with van der Waals surface area (Å²) >= 11 is 0. The maximum atomic E-state index is 11.5. The maximum absolute atomic E-state index is 11.5. The predicted octanol–water partition coefficient (Wildman–Crippen LogP) is 2.13. The molecule has 0 aromatic heterocycles. The Morgan fingerprint density at radius 2 is 1.87 bits per heavy atom. The van der Waals surface area contributed by atoms with Crippen LogP contribution in [0.4, 0.5) is 0 Å². The molecule has 1 saturated carbocycles. The van der Waals surface area contributed by atoms with Gasteiger partial charge >= 0.3 is 5.97 Å². The van der Waals surface area contributed by atoms with Crippen molar-refractivity contribution in [2.24, 2.45) is 11.7 Å². The van der Waals surface area contributed by atoms with Crippen LogP contribution >= 0.6 is 0 Å². The molecular formula is C18H25NO4. The average Bonchev–Trinajstić information content (AvgIpc) is 2.55. The lowest BCUT2D eigenvalue weighted by atomic mass is 9.82. The summed E-state index contributed by atoms with van der Waals surface area (Å²) in [7, 11) is 0. The molecule has 0 aliphatic heterocycles. The second-order valence-electron chi connectivity index (χ2n) is 5.96. The molecule has 0 amide bonds. The van der Waals surface area contributed by atoms with Crippen molar-refractivity contribution in [1.29, 1.82) is 0 Å². The summed E-state index contributed by atoms with van der Waals surface area (Å²) in [5.41, 5.74) is 6.90. The molecule has 0 heterocycles. The summed E-state index contributed by atoms with van der Waals surface area (Å²) in [6, 6.07) is 7.62. The van der Waals surface area contributed by atoms with Crippen LogP contribution in [0.1, 0.15) is 31.2 Å². The molecule has 5 nitrogen and oxygen atoms in total. The van der Waals surface area contributed by atoms with E-state index >= 15 is 0 Å². The molecule has 0 saturated heterocycles. The molecule has 0 atom stereocenters. The van der Waals surface area contributed by atoms with Crippen LogP contribution in [0.2, 0.25) is 0 Å². The molecule has 5 heteroatoms. The Balaban J connectivity index is 1.98. The largest absolute Gasteiger partial charge is 0.492 e. The number of carbonyl (C=O) groups is 1. The topological polar surface area (TPSA) is 92.8 Å². The Morgan fingerprint density at radius 1 is 1.22 bits per heavy atom. The molecule has 0 radical (unpaired) electrons. The predicted molar refractivity (Wildman–Crippen MR) is 88.4 cm³/mol. The number of benzene rings is 1. The second-order valence-corrected chi connectivity index (χ2v) is 5.96. The van der Waals surface area contributed by atoms with E-state index in [0.29, 0.717) is 38.0 Å². The highest BCUT2D eigenvalue weighted by Crippen LogP contribution is 2.30. The minimum Gasteiger partial charge on any atom is -0.492 e. The van der Waals surface area contributed by atoms with Gasteiger partial charge < -0.3 is 20.7 Å². The summed E-state index contributed by atoms with van der Waals surface area (Å²) in [5.74, 6) is -0.0414. The fourth-order valence-corrected chi connectivity index (χ4v) is 2.94. The molecule has 2 rings (SSSR count). The van der Waals surface area contributed by atoms with E-state index in [1.54, 1.807) is 6.08 Å². The lowest BCUT2D eigenvalue weighted by molar-refractivity contribution is -0.133. The SMILES string of the molecule is NCCOc1ccc(C/C=C(/C(=O)O)C2CCC(O)CC2)cc1. The van der Waals surface area contributed by atoms with Gasteiger partial charge in [-0.1, -0.05) is 18.2 Å². The highest BCUT2D eigenvalue weighted by molar-refractivity contribution is 5.87. The van der Waals surface area contributed by atoms with E-state index in [2.05, 4.69) is 0 Å². The number of hydrogen-bond acceptors (Lipinski definition) is 4. The fourth-order valence-electron chi connectivity index (χ4n) is 2.94. The lowest BCUT2D eigenvalue weighted by Gasteiger charge is -2.25. The highest BCUT2D eigenvalue weighted by atomic mass is 16.5. The Hall–Kier alpha value is -1.85. The molecule has 1 aliphatic rings. The van der Waals surface area contributed by atoms with Crippen molar-refractivity contribution in [3.05, 3.63) is 41.5 Å². The standard InChI is InChI=1S/C18H25NO4/c19-11-12-23-16-8-1-13(2-9-16)3-10-17(18(21)22)14-4-6-15(20)7-5-14/h1-2,8-10,14-15,20H,3-7,11-12,19H2,(H,21,22)/b17-10+. The van der Waals surface area contributed by atoms with Gasteiger partial charge in [0, 0.05) is 12.1 Å². The number of aliphatic carboxylic acids is 1. The molecule has 1 aliphatic carbocycles. The lowest BCUT2D eigenvalue weighted by Crippen LogP contribution is -2.22. The summed E-state index contributed by atoms with van der Waals surface area (Å²) < 4.78 is 5.42. The van der Waals surface area contributed by atoms with E-state index < -0.39 is 5.97 Å². The first-order valence-corrected chi connectivity index (χ1v) is 8.13. The van der Waals surface area contributed by atoms with Crippen LogP contribution in [-0.4, -0.2) is 35.4 Å². The third-order valence-corrected chi connectivity index (χ3v) is 4.25. The van der Waals surface area contributed by atoms with Crippen LogP contribution in [0.15, 0.2) is 35.9 Å². The van der Waals surface area contributed by atoms with Crippen LogP contribution in [0.5, 0.6) is 5.75 Å². The normalized spacial score (nSPS) is 21.9. The van der Waals surface area contributed by atoms with E-state index in [1.807, 2.05) is 24.3 Å². The van der Waals surface area contributed by atoms with Crippen molar-refractivity contribution in [1.82, 2.24) is 0 Å². The van der Waals surface area contributed by atoms with Crippen LogP contribution in [0, 0.1) is 5.92 Å². The molecule has 0 spiro atoms. The number of aliphatic hydroxyl groups excluding tert-OH is 1. The third-order valence-electron chi connectivity index (χ3n) is 4.25. The van der Waals surface area contributed by atoms with Gasteiger partial charge in [-0.25, -0.2) is 4.79 Å². The van der Waals surface area contributed by atoms with E-state index in [9.17, 15) is 15.0 Å². The Kier molecular flexibility index (Phi) is 6.62. The Morgan fingerprint density at radius 3 is 2.43 bits per heavy atom. The minimum atomic E-state index is -0.853. The molecule has 1 fully saturated rings. The van der Waals surface area contributed by atoms with Gasteiger partial charge in [-0.2, -0.15) is 0 Å². The van der Waals surface area contributed by atoms with Gasteiger partial charge in [-0.15, -0.1) is 0 Å². The number of allylic oxidation sites excluding steroid dienone is 1. The van der Waals surface area contributed by atoms with Gasteiger partial charge in [-0.3, -0.25) is 0 Å². The summed E-state index contributed by atoms with van der Waals surface area (Å²) in [5, 5.41) is 19.0.